The molecule has 1 saturated heterocycles. The van der Waals surface area contributed by atoms with Gasteiger partial charge in [-0.2, -0.15) is 10.1 Å². The van der Waals surface area contributed by atoms with Crippen LogP contribution in [0.5, 0.6) is 0 Å². The van der Waals surface area contributed by atoms with Crippen molar-refractivity contribution in [2.24, 2.45) is 7.05 Å². The molecule has 118 valence electrons. The van der Waals surface area contributed by atoms with Crippen molar-refractivity contribution in [3.8, 4) is 0 Å². The summed E-state index contributed by atoms with van der Waals surface area (Å²) in [6.07, 6.45) is 3.64. The molecule has 3 heterocycles. The highest BCUT2D eigenvalue weighted by atomic mass is 35.5. The van der Waals surface area contributed by atoms with Crippen molar-refractivity contribution < 1.29 is 4.79 Å². The number of nitrogens with zero attached hydrogens (tertiary/aromatic N) is 4. The second kappa shape index (κ2) is 7.33. The van der Waals surface area contributed by atoms with Crippen molar-refractivity contribution in [1.82, 2.24) is 25.1 Å². The molecule has 0 unspecified atom stereocenters. The highest BCUT2D eigenvalue weighted by Gasteiger charge is 2.21. The van der Waals surface area contributed by atoms with Crippen LogP contribution in [-0.2, 0) is 7.05 Å². The molecule has 0 radical (unpaired) electrons. The molecule has 0 aromatic carbocycles. The second-order valence-electron chi connectivity index (χ2n) is 5.11. The van der Waals surface area contributed by atoms with Gasteiger partial charge in [0.05, 0.1) is 0 Å². The second-order valence-corrected chi connectivity index (χ2v) is 5.11. The van der Waals surface area contributed by atoms with E-state index in [0.29, 0.717) is 17.6 Å². The average Bonchev–Trinajstić information content (AvgIpc) is 2.90. The third-order valence-corrected chi connectivity index (χ3v) is 3.61. The zero-order valence-electron chi connectivity index (χ0n) is 12.3. The molecule has 2 N–H and O–H groups in total. The molecule has 1 aliphatic heterocycles. The van der Waals surface area contributed by atoms with Crippen LogP contribution in [0, 0.1) is 0 Å². The molecule has 7 nitrogen and oxygen atoms in total. The van der Waals surface area contributed by atoms with Crippen LogP contribution in [0.2, 0.25) is 0 Å². The predicted octanol–water partition coefficient (Wildman–Crippen LogP) is 1.35. The molecule has 0 atom stereocenters. The number of anilines is 1. The molecule has 1 fully saturated rings. The van der Waals surface area contributed by atoms with E-state index < -0.39 is 0 Å². The van der Waals surface area contributed by atoms with Gasteiger partial charge < -0.3 is 5.32 Å². The maximum atomic E-state index is 12.1. The van der Waals surface area contributed by atoms with E-state index in [1.807, 2.05) is 0 Å². The monoisotopic (exact) mass is 322 g/mol. The Morgan fingerprint density at radius 1 is 1.36 bits per heavy atom. The summed E-state index contributed by atoms with van der Waals surface area (Å²) in [7, 11) is 1.78. The van der Waals surface area contributed by atoms with Crippen molar-refractivity contribution in [3.05, 3.63) is 35.9 Å². The summed E-state index contributed by atoms with van der Waals surface area (Å²) < 4.78 is 1.61. The minimum absolute atomic E-state index is 0. The smallest absolute Gasteiger partial charge is 0.276 e. The van der Waals surface area contributed by atoms with E-state index in [-0.39, 0.29) is 18.3 Å². The number of carbonyl (C=O) groups is 1. The molecular formula is C14H19ClN6O. The van der Waals surface area contributed by atoms with Crippen LogP contribution < -0.4 is 10.6 Å². The summed E-state index contributed by atoms with van der Waals surface area (Å²) >= 11 is 0. The fraction of sp³-hybridized carbons (Fsp3) is 0.429. The zero-order chi connectivity index (χ0) is 14.7. The molecule has 3 rings (SSSR count). The first-order valence-corrected chi connectivity index (χ1v) is 7.08. The first-order chi connectivity index (χ1) is 10.2. The van der Waals surface area contributed by atoms with E-state index in [9.17, 15) is 4.79 Å². The van der Waals surface area contributed by atoms with Gasteiger partial charge in [0.25, 0.3) is 5.91 Å². The third-order valence-electron chi connectivity index (χ3n) is 3.61. The van der Waals surface area contributed by atoms with Gasteiger partial charge in [0.2, 0.25) is 5.95 Å². The van der Waals surface area contributed by atoms with Crippen LogP contribution in [0.25, 0.3) is 0 Å². The number of hydrogen-bond donors (Lipinski definition) is 2. The lowest BCUT2D eigenvalue weighted by Gasteiger charge is -2.19. The van der Waals surface area contributed by atoms with Crippen molar-refractivity contribution in [2.75, 3.05) is 18.4 Å². The summed E-state index contributed by atoms with van der Waals surface area (Å²) in [5.74, 6) is 1.34. The van der Waals surface area contributed by atoms with Crippen LogP contribution in [-0.4, -0.2) is 38.7 Å². The molecule has 2 aromatic heterocycles. The molecule has 8 heteroatoms. The topological polar surface area (TPSA) is 84.7 Å². The summed E-state index contributed by atoms with van der Waals surface area (Å²) in [5.41, 5.74) is 0.365. The number of carbonyl (C=O) groups excluding carboxylic acids is 1. The summed E-state index contributed by atoms with van der Waals surface area (Å²) in [6.45, 7) is 1.97. The van der Waals surface area contributed by atoms with E-state index in [0.717, 1.165) is 31.8 Å². The Bertz CT molecular complexity index is 624. The first-order valence-electron chi connectivity index (χ1n) is 7.08. The Morgan fingerprint density at radius 3 is 2.82 bits per heavy atom. The van der Waals surface area contributed by atoms with Crippen LogP contribution in [0.15, 0.2) is 24.4 Å². The number of hydrogen-bond acceptors (Lipinski definition) is 5. The quantitative estimate of drug-likeness (QED) is 0.891. The van der Waals surface area contributed by atoms with E-state index in [4.69, 9.17) is 0 Å². The number of aryl methyl sites for hydroxylation is 1. The van der Waals surface area contributed by atoms with Gasteiger partial charge in [0.15, 0.2) is 5.82 Å². The number of rotatable bonds is 3. The van der Waals surface area contributed by atoms with Gasteiger partial charge in [-0.15, -0.1) is 12.4 Å². The maximum absolute atomic E-state index is 12.1. The largest absolute Gasteiger partial charge is 0.317 e. The molecule has 22 heavy (non-hydrogen) atoms. The van der Waals surface area contributed by atoms with Gasteiger partial charge >= 0.3 is 0 Å². The highest BCUT2D eigenvalue weighted by molar-refractivity contribution is 6.01. The van der Waals surface area contributed by atoms with Gasteiger partial charge in [-0.3, -0.25) is 15.1 Å². The number of halogens is 1. The number of piperidine rings is 1. The SMILES string of the molecule is Cl.Cn1nc(C2CCNCC2)nc1NC(=O)c1ccccn1. The molecule has 2 aromatic rings. The number of nitrogens with one attached hydrogen (secondary N) is 2. The van der Waals surface area contributed by atoms with Gasteiger partial charge in [-0.1, -0.05) is 6.07 Å². The lowest BCUT2D eigenvalue weighted by atomic mass is 9.98. The minimum atomic E-state index is -0.275. The Balaban J connectivity index is 0.00000176. The Labute approximate surface area is 134 Å². The number of pyridine rings is 1. The van der Waals surface area contributed by atoms with Crippen molar-refractivity contribution in [3.63, 3.8) is 0 Å². The molecule has 1 amide bonds. The van der Waals surface area contributed by atoms with Gasteiger partial charge in [0.1, 0.15) is 5.69 Å². The molecule has 0 bridgehead atoms. The van der Waals surface area contributed by atoms with Crippen LogP contribution in [0.1, 0.15) is 35.1 Å². The first kappa shape index (κ1) is 16.4. The van der Waals surface area contributed by atoms with E-state index >= 15 is 0 Å². The molecular weight excluding hydrogens is 304 g/mol. The van der Waals surface area contributed by atoms with Gasteiger partial charge in [-0.05, 0) is 38.1 Å². The lowest BCUT2D eigenvalue weighted by molar-refractivity contribution is 0.102. The van der Waals surface area contributed by atoms with Gasteiger partial charge in [0, 0.05) is 19.2 Å². The van der Waals surface area contributed by atoms with Crippen LogP contribution in [0.3, 0.4) is 0 Å². The maximum Gasteiger partial charge on any atom is 0.276 e. The summed E-state index contributed by atoms with van der Waals surface area (Å²) in [4.78, 5) is 20.6. The minimum Gasteiger partial charge on any atom is -0.317 e. The average molecular weight is 323 g/mol. The van der Waals surface area contributed by atoms with Crippen LogP contribution in [0.4, 0.5) is 5.95 Å². The molecule has 0 spiro atoms. The Hall–Kier alpha value is -1.99. The normalized spacial score (nSPS) is 15.1. The molecule has 1 aliphatic rings. The van der Waals surface area contributed by atoms with Crippen molar-refractivity contribution in [1.29, 1.82) is 0 Å². The predicted molar refractivity (Wildman–Crippen MR) is 85.3 cm³/mol. The molecule has 0 aliphatic carbocycles. The zero-order valence-corrected chi connectivity index (χ0v) is 13.1. The Kier molecular flexibility index (Phi) is 5.46. The van der Waals surface area contributed by atoms with E-state index in [2.05, 4.69) is 25.7 Å². The fourth-order valence-corrected chi connectivity index (χ4v) is 2.43. The summed E-state index contributed by atoms with van der Waals surface area (Å²) in [5, 5.41) is 10.5. The summed E-state index contributed by atoms with van der Waals surface area (Å²) in [6, 6.07) is 5.22. The van der Waals surface area contributed by atoms with Crippen molar-refractivity contribution in [2.45, 2.75) is 18.8 Å². The fourth-order valence-electron chi connectivity index (χ4n) is 2.43. The standard InChI is InChI=1S/C14H18N6O.ClH/c1-20-14(18-13(21)11-4-2-3-7-16-11)17-12(19-20)10-5-8-15-9-6-10;/h2-4,7,10,15H,5-6,8-9H2,1H3,(H,17,18,19,21);1H. The van der Waals surface area contributed by atoms with E-state index in [1.165, 1.54) is 0 Å². The van der Waals surface area contributed by atoms with Crippen molar-refractivity contribution >= 4 is 24.3 Å². The third kappa shape index (κ3) is 3.61. The number of aromatic nitrogens is 4. The number of amides is 1. The lowest BCUT2D eigenvalue weighted by Crippen LogP contribution is -2.27. The highest BCUT2D eigenvalue weighted by Crippen LogP contribution is 2.23. The van der Waals surface area contributed by atoms with Crippen LogP contribution >= 0.6 is 12.4 Å². The molecule has 0 saturated carbocycles. The van der Waals surface area contributed by atoms with E-state index in [1.54, 1.807) is 36.1 Å². The Morgan fingerprint density at radius 2 is 2.14 bits per heavy atom. The van der Waals surface area contributed by atoms with Gasteiger partial charge in [-0.25, -0.2) is 4.68 Å².